The fourth-order valence-electron chi connectivity index (χ4n) is 7.07. The van der Waals surface area contributed by atoms with Gasteiger partial charge in [-0.2, -0.15) is 0 Å². The zero-order valence-corrected chi connectivity index (χ0v) is 26.5. The summed E-state index contributed by atoms with van der Waals surface area (Å²) in [6.45, 7) is 9.41. The Bertz CT molecular complexity index is 1920. The van der Waals surface area contributed by atoms with Crippen LogP contribution in [0.1, 0.15) is 83.7 Å². The molecule has 0 bridgehead atoms. The molecule has 0 amide bonds. The lowest BCUT2D eigenvalue weighted by Gasteiger charge is -2.25. The second kappa shape index (κ2) is 11.5. The number of hydrogen-bond donors (Lipinski definition) is 1. The van der Waals surface area contributed by atoms with E-state index < -0.39 is 5.97 Å². The minimum atomic E-state index is -0.858. The van der Waals surface area contributed by atoms with Crippen molar-refractivity contribution in [3.8, 4) is 21.8 Å². The summed E-state index contributed by atoms with van der Waals surface area (Å²) >= 11 is 3.10. The molecule has 5 nitrogen and oxygen atoms in total. The van der Waals surface area contributed by atoms with Gasteiger partial charge in [-0.15, -0.1) is 22.7 Å². The van der Waals surface area contributed by atoms with Gasteiger partial charge in [-0.1, -0.05) is 49.6 Å². The van der Waals surface area contributed by atoms with Crippen LogP contribution in [0, 0.1) is 19.8 Å². The van der Waals surface area contributed by atoms with Gasteiger partial charge < -0.3 is 9.67 Å². The standard InChI is InChI=1S/C36H37N3O2S2/c1-21(24-10-6-4-7-11-24)20-39-30-19-31(36(40)41)43-35(30)32(25-12-8-5-9-13-25)33(39)27-15-16-28-26(18-27)14-17-29(38-28)34-22(2)37-23(3)42-34/h12,14-19,24H,1,4-11,13,20H2,2-3H3,(H,40,41). The molecule has 0 spiro atoms. The molecule has 1 aromatic carbocycles. The number of aryl methyl sites for hydroxylation is 2. The van der Waals surface area contributed by atoms with E-state index >= 15 is 0 Å². The van der Waals surface area contributed by atoms with Crippen molar-refractivity contribution < 1.29 is 9.90 Å². The molecule has 7 heteroatoms. The Balaban J connectivity index is 1.40. The fourth-order valence-corrected chi connectivity index (χ4v) is 9.04. The lowest BCUT2D eigenvalue weighted by Crippen LogP contribution is -2.14. The smallest absolute Gasteiger partial charge is 0.345 e. The van der Waals surface area contributed by atoms with Gasteiger partial charge in [0.05, 0.1) is 42.7 Å². The average Bonchev–Trinajstić information content (AvgIpc) is 3.69. The highest BCUT2D eigenvalue weighted by molar-refractivity contribution is 7.21. The summed E-state index contributed by atoms with van der Waals surface area (Å²) < 4.78 is 3.47. The summed E-state index contributed by atoms with van der Waals surface area (Å²) in [5.41, 5.74) is 10.1. The summed E-state index contributed by atoms with van der Waals surface area (Å²) in [5.74, 6) is -0.338. The van der Waals surface area contributed by atoms with Crippen LogP contribution in [-0.2, 0) is 6.54 Å². The number of aromatic carboxylic acids is 1. The van der Waals surface area contributed by atoms with Crippen molar-refractivity contribution in [1.82, 2.24) is 14.5 Å². The third kappa shape index (κ3) is 5.27. The number of carbonyl (C=O) groups is 1. The van der Waals surface area contributed by atoms with Crippen molar-refractivity contribution in [3.05, 3.63) is 75.8 Å². The van der Waals surface area contributed by atoms with Crippen LogP contribution in [-0.4, -0.2) is 25.6 Å². The zero-order chi connectivity index (χ0) is 29.7. The largest absolute Gasteiger partial charge is 0.477 e. The van der Waals surface area contributed by atoms with Crippen LogP contribution in [0.2, 0.25) is 0 Å². The van der Waals surface area contributed by atoms with Crippen LogP contribution in [0.4, 0.5) is 0 Å². The number of allylic oxidation sites excluding steroid dienone is 3. The molecule has 220 valence electrons. The van der Waals surface area contributed by atoms with E-state index in [0.29, 0.717) is 17.3 Å². The Morgan fingerprint density at radius 1 is 1.02 bits per heavy atom. The van der Waals surface area contributed by atoms with E-state index in [-0.39, 0.29) is 0 Å². The van der Waals surface area contributed by atoms with Crippen LogP contribution < -0.4 is 0 Å². The summed E-state index contributed by atoms with van der Waals surface area (Å²) in [5, 5.41) is 12.1. The minimum absolute atomic E-state index is 0.398. The first-order valence-corrected chi connectivity index (χ1v) is 17.1. The number of thiophene rings is 1. The quantitative estimate of drug-likeness (QED) is 0.187. The van der Waals surface area contributed by atoms with Crippen molar-refractivity contribution >= 4 is 55.3 Å². The van der Waals surface area contributed by atoms with E-state index in [1.165, 1.54) is 72.3 Å². The van der Waals surface area contributed by atoms with E-state index in [1.54, 1.807) is 11.3 Å². The highest BCUT2D eigenvalue weighted by Gasteiger charge is 2.27. The SMILES string of the molecule is C=C(Cn1c(-c2ccc3nc(-c4sc(C)nc4C)ccc3c2)c(C2=CCCCC2)c2sc(C(=O)O)cc21)C1CCCCC1. The first-order valence-electron chi connectivity index (χ1n) is 15.5. The Morgan fingerprint density at radius 3 is 2.58 bits per heavy atom. The van der Waals surface area contributed by atoms with E-state index in [2.05, 4.69) is 52.5 Å². The van der Waals surface area contributed by atoms with E-state index in [0.717, 1.165) is 67.2 Å². The summed E-state index contributed by atoms with van der Waals surface area (Å²) in [4.78, 5) is 23.3. The van der Waals surface area contributed by atoms with Crippen molar-refractivity contribution in [3.63, 3.8) is 0 Å². The van der Waals surface area contributed by atoms with Crippen molar-refractivity contribution in [1.29, 1.82) is 0 Å². The van der Waals surface area contributed by atoms with Gasteiger partial charge in [0.1, 0.15) is 4.88 Å². The van der Waals surface area contributed by atoms with Crippen LogP contribution in [0.5, 0.6) is 0 Å². The van der Waals surface area contributed by atoms with E-state index in [9.17, 15) is 9.90 Å². The molecule has 5 aromatic rings. The number of aromatic nitrogens is 3. The van der Waals surface area contributed by atoms with Gasteiger partial charge in [0.2, 0.25) is 0 Å². The third-order valence-corrected chi connectivity index (χ3v) is 11.4. The van der Waals surface area contributed by atoms with Gasteiger partial charge in [0.25, 0.3) is 0 Å². The van der Waals surface area contributed by atoms with Crippen molar-refractivity contribution in [2.75, 3.05) is 0 Å². The highest BCUT2D eigenvalue weighted by Crippen LogP contribution is 2.46. The lowest BCUT2D eigenvalue weighted by molar-refractivity contribution is 0.0702. The molecule has 0 aliphatic heterocycles. The summed E-state index contributed by atoms with van der Waals surface area (Å²) in [6, 6.07) is 12.8. The highest BCUT2D eigenvalue weighted by atomic mass is 32.1. The van der Waals surface area contributed by atoms with Crippen molar-refractivity contribution in [2.45, 2.75) is 78.2 Å². The monoisotopic (exact) mass is 607 g/mol. The zero-order valence-electron chi connectivity index (χ0n) is 24.9. The number of nitrogens with zero attached hydrogens (tertiary/aromatic N) is 3. The van der Waals surface area contributed by atoms with Gasteiger partial charge in [0.15, 0.2) is 0 Å². The molecule has 0 unspecified atom stereocenters. The second-order valence-electron chi connectivity index (χ2n) is 12.2. The van der Waals surface area contributed by atoms with Crippen LogP contribution >= 0.6 is 22.7 Å². The maximum atomic E-state index is 12.1. The number of thiazole rings is 1. The number of carboxylic acids is 1. The molecule has 0 radical (unpaired) electrons. The second-order valence-corrected chi connectivity index (χ2v) is 14.4. The van der Waals surface area contributed by atoms with Gasteiger partial charge in [-0.3, -0.25) is 0 Å². The normalized spacial score (nSPS) is 16.2. The molecule has 0 saturated heterocycles. The Morgan fingerprint density at radius 2 is 1.86 bits per heavy atom. The molecule has 1 N–H and O–H groups in total. The predicted molar refractivity (Wildman–Crippen MR) is 180 cm³/mol. The number of carboxylic acid groups (broad SMARTS) is 1. The molecule has 4 heterocycles. The molecule has 1 saturated carbocycles. The van der Waals surface area contributed by atoms with Crippen LogP contribution in [0.3, 0.4) is 0 Å². The number of hydrogen-bond acceptors (Lipinski definition) is 5. The first-order chi connectivity index (χ1) is 20.9. The molecule has 2 aliphatic carbocycles. The summed E-state index contributed by atoms with van der Waals surface area (Å²) in [7, 11) is 0. The molecular formula is C36H37N3O2S2. The molecule has 4 aromatic heterocycles. The topological polar surface area (TPSA) is 68.0 Å². The Kier molecular flexibility index (Phi) is 7.56. The maximum Gasteiger partial charge on any atom is 0.345 e. The van der Waals surface area contributed by atoms with E-state index in [1.807, 2.05) is 19.9 Å². The maximum absolute atomic E-state index is 12.1. The number of benzene rings is 1. The number of rotatable bonds is 7. The molecule has 2 aliphatic rings. The molecule has 0 atom stereocenters. The van der Waals surface area contributed by atoms with Gasteiger partial charge in [0, 0.05) is 17.5 Å². The lowest BCUT2D eigenvalue weighted by atomic mass is 9.84. The molecular weight excluding hydrogens is 571 g/mol. The summed E-state index contributed by atoms with van der Waals surface area (Å²) in [6.07, 6.45) is 13.1. The average molecular weight is 608 g/mol. The number of pyridine rings is 1. The third-order valence-electron chi connectivity index (χ3n) is 9.20. The van der Waals surface area contributed by atoms with Crippen molar-refractivity contribution in [2.24, 2.45) is 5.92 Å². The number of fused-ring (bicyclic) bond motifs is 2. The minimum Gasteiger partial charge on any atom is -0.477 e. The van der Waals surface area contributed by atoms with Gasteiger partial charge in [-0.05, 0) is 93.7 Å². The Labute approximate surface area is 260 Å². The van der Waals surface area contributed by atoms with Crippen LogP contribution in [0.25, 0.3) is 48.5 Å². The Hall–Kier alpha value is -3.55. The van der Waals surface area contributed by atoms with Gasteiger partial charge in [-0.25, -0.2) is 14.8 Å². The van der Waals surface area contributed by atoms with E-state index in [4.69, 9.17) is 4.98 Å². The fraction of sp³-hybridized carbons (Fsp3) is 0.361. The van der Waals surface area contributed by atoms with Gasteiger partial charge >= 0.3 is 5.97 Å². The van der Waals surface area contributed by atoms with Crippen LogP contribution in [0.15, 0.2) is 54.6 Å². The predicted octanol–water partition coefficient (Wildman–Crippen LogP) is 10.5. The molecule has 1 fully saturated rings. The molecule has 43 heavy (non-hydrogen) atoms. The molecule has 7 rings (SSSR count). The first kappa shape index (κ1) is 28.2.